The maximum absolute atomic E-state index is 2.44. The van der Waals surface area contributed by atoms with Gasteiger partial charge in [0, 0.05) is 25.0 Å². The summed E-state index contributed by atoms with van der Waals surface area (Å²) in [6.07, 6.45) is 5.12. The van der Waals surface area contributed by atoms with Crippen molar-refractivity contribution in [1.82, 2.24) is 0 Å². The first-order chi connectivity index (χ1) is 14.3. The van der Waals surface area contributed by atoms with Gasteiger partial charge in [0.05, 0.1) is 0 Å². The molecule has 0 aliphatic carbocycles. The van der Waals surface area contributed by atoms with Crippen LogP contribution in [0.25, 0.3) is 52.5 Å². The van der Waals surface area contributed by atoms with Gasteiger partial charge in [0.1, 0.15) is 0 Å². The van der Waals surface area contributed by atoms with Crippen molar-refractivity contribution < 1.29 is 0 Å². The molecule has 0 unspecified atom stereocenters. The molecule has 6 rings (SSSR count). The minimum absolute atomic E-state index is 1.21. The maximum Gasteiger partial charge on any atom is 0.0352 e. The molecule has 2 aromatic heterocycles. The first-order valence-corrected chi connectivity index (χ1v) is 12.2. The SMILES string of the molecule is CCCCCc1cc2c(ccc3c2ccc2c4ccc5sccc5c4ccc32)s1. The third kappa shape index (κ3) is 2.70. The molecule has 0 N–H and O–H groups in total. The van der Waals surface area contributed by atoms with Crippen LogP contribution in [0.1, 0.15) is 31.1 Å². The van der Waals surface area contributed by atoms with Crippen molar-refractivity contribution in [2.75, 3.05) is 0 Å². The fraction of sp³-hybridized carbons (Fsp3) is 0.185. The summed E-state index contributed by atoms with van der Waals surface area (Å²) in [5.41, 5.74) is 0. The molecule has 6 aromatic rings. The highest BCUT2D eigenvalue weighted by atomic mass is 32.1. The van der Waals surface area contributed by atoms with Crippen molar-refractivity contribution in [1.29, 1.82) is 0 Å². The molecule has 29 heavy (non-hydrogen) atoms. The van der Waals surface area contributed by atoms with E-state index in [1.165, 1.54) is 83.1 Å². The van der Waals surface area contributed by atoms with Gasteiger partial charge in [-0.3, -0.25) is 0 Å². The van der Waals surface area contributed by atoms with Gasteiger partial charge in [-0.15, -0.1) is 22.7 Å². The fourth-order valence-electron chi connectivity index (χ4n) is 4.74. The molecule has 0 radical (unpaired) electrons. The third-order valence-electron chi connectivity index (χ3n) is 6.20. The van der Waals surface area contributed by atoms with Gasteiger partial charge in [0.15, 0.2) is 0 Å². The van der Waals surface area contributed by atoms with Crippen LogP contribution in [0.2, 0.25) is 0 Å². The lowest BCUT2D eigenvalue weighted by atomic mass is 9.95. The summed E-state index contributed by atoms with van der Waals surface area (Å²) in [6, 6.07) is 23.3. The minimum atomic E-state index is 1.21. The summed E-state index contributed by atoms with van der Waals surface area (Å²) < 4.78 is 2.79. The lowest BCUT2D eigenvalue weighted by Crippen LogP contribution is -1.82. The quantitative estimate of drug-likeness (QED) is 0.201. The summed E-state index contributed by atoms with van der Waals surface area (Å²) in [7, 11) is 0. The summed E-state index contributed by atoms with van der Waals surface area (Å²) in [6.45, 7) is 2.27. The van der Waals surface area contributed by atoms with Crippen molar-refractivity contribution in [3.05, 3.63) is 70.9 Å². The number of benzene rings is 4. The normalized spacial score (nSPS) is 12.2. The zero-order chi connectivity index (χ0) is 19.4. The predicted octanol–water partition coefficient (Wildman–Crippen LogP) is 9.31. The molecule has 0 spiro atoms. The van der Waals surface area contributed by atoms with E-state index in [0.717, 1.165) is 0 Å². The van der Waals surface area contributed by atoms with Gasteiger partial charge in [-0.25, -0.2) is 0 Å². The molecule has 0 saturated carbocycles. The van der Waals surface area contributed by atoms with E-state index in [1.54, 1.807) is 0 Å². The molecular formula is C27H22S2. The van der Waals surface area contributed by atoms with Gasteiger partial charge < -0.3 is 0 Å². The minimum Gasteiger partial charge on any atom is -0.144 e. The van der Waals surface area contributed by atoms with Gasteiger partial charge in [-0.05, 0) is 74.8 Å². The predicted molar refractivity (Wildman–Crippen MR) is 133 cm³/mol. The first kappa shape index (κ1) is 17.4. The van der Waals surface area contributed by atoms with Crippen molar-refractivity contribution in [2.45, 2.75) is 32.6 Å². The Labute approximate surface area is 178 Å². The van der Waals surface area contributed by atoms with Gasteiger partial charge >= 0.3 is 0 Å². The van der Waals surface area contributed by atoms with Crippen molar-refractivity contribution >= 4 is 75.2 Å². The number of unbranched alkanes of at least 4 members (excludes halogenated alkanes) is 2. The second-order valence-electron chi connectivity index (χ2n) is 7.96. The monoisotopic (exact) mass is 410 g/mol. The Morgan fingerprint density at radius 2 is 1.17 bits per heavy atom. The van der Waals surface area contributed by atoms with Crippen molar-refractivity contribution in [2.24, 2.45) is 0 Å². The largest absolute Gasteiger partial charge is 0.144 e. The number of hydrogen-bond donors (Lipinski definition) is 0. The summed E-state index contributed by atoms with van der Waals surface area (Å²) in [5, 5.41) is 13.2. The highest BCUT2D eigenvalue weighted by Crippen LogP contribution is 2.39. The second kappa shape index (κ2) is 6.83. The molecule has 0 nitrogen and oxygen atoms in total. The van der Waals surface area contributed by atoms with Crippen LogP contribution in [0.4, 0.5) is 0 Å². The van der Waals surface area contributed by atoms with E-state index in [0.29, 0.717) is 0 Å². The summed E-state index contributed by atoms with van der Waals surface area (Å²) in [5.74, 6) is 0. The Kier molecular flexibility index (Phi) is 4.11. The highest BCUT2D eigenvalue weighted by molar-refractivity contribution is 7.19. The van der Waals surface area contributed by atoms with E-state index in [1.807, 2.05) is 22.7 Å². The highest BCUT2D eigenvalue weighted by Gasteiger charge is 2.11. The Morgan fingerprint density at radius 1 is 0.586 bits per heavy atom. The van der Waals surface area contributed by atoms with Gasteiger partial charge in [-0.1, -0.05) is 56.2 Å². The molecule has 0 atom stereocenters. The molecule has 0 amide bonds. The molecule has 0 aliphatic rings. The zero-order valence-corrected chi connectivity index (χ0v) is 18.1. The van der Waals surface area contributed by atoms with E-state index < -0.39 is 0 Å². The van der Waals surface area contributed by atoms with Crippen LogP contribution in [0.15, 0.2) is 66.0 Å². The van der Waals surface area contributed by atoms with Crippen molar-refractivity contribution in [3.8, 4) is 0 Å². The average Bonchev–Trinajstić information content (AvgIpc) is 3.39. The number of rotatable bonds is 4. The van der Waals surface area contributed by atoms with Crippen LogP contribution in [-0.4, -0.2) is 0 Å². The average molecular weight is 411 g/mol. The van der Waals surface area contributed by atoms with Gasteiger partial charge in [-0.2, -0.15) is 0 Å². The number of aryl methyl sites for hydroxylation is 1. The molecule has 4 aromatic carbocycles. The molecule has 0 aliphatic heterocycles. The van der Waals surface area contributed by atoms with Crippen LogP contribution < -0.4 is 0 Å². The third-order valence-corrected chi connectivity index (χ3v) is 8.24. The Morgan fingerprint density at radius 3 is 1.86 bits per heavy atom. The van der Waals surface area contributed by atoms with Crippen molar-refractivity contribution in [3.63, 3.8) is 0 Å². The molecule has 142 valence electrons. The van der Waals surface area contributed by atoms with Crippen LogP contribution in [0.5, 0.6) is 0 Å². The first-order valence-electron chi connectivity index (χ1n) is 10.5. The van der Waals surface area contributed by atoms with Crippen LogP contribution >= 0.6 is 22.7 Å². The molecular weight excluding hydrogens is 388 g/mol. The Balaban J connectivity index is 1.59. The van der Waals surface area contributed by atoms with E-state index in [9.17, 15) is 0 Å². The number of thiophene rings is 2. The second-order valence-corrected chi connectivity index (χ2v) is 10.1. The molecule has 2 heteroatoms. The number of hydrogen-bond acceptors (Lipinski definition) is 2. The summed E-state index contributed by atoms with van der Waals surface area (Å²) >= 11 is 3.80. The van der Waals surface area contributed by atoms with Crippen LogP contribution in [-0.2, 0) is 6.42 Å². The topological polar surface area (TPSA) is 0 Å². The lowest BCUT2D eigenvalue weighted by molar-refractivity contribution is 0.723. The van der Waals surface area contributed by atoms with E-state index in [-0.39, 0.29) is 0 Å². The standard InChI is InChI=1S/C27H22S2/c1-2-3-4-5-17-16-25-23-9-7-18-19(21(23)11-13-27(25)29-17)6-8-22-20(18)10-12-26-24(22)14-15-28-26/h6-16H,2-5H2,1H3. The molecule has 2 heterocycles. The smallest absolute Gasteiger partial charge is 0.0352 e. The van der Waals surface area contributed by atoms with Crippen LogP contribution in [0, 0.1) is 0 Å². The van der Waals surface area contributed by atoms with E-state index in [2.05, 4.69) is 73.0 Å². The maximum atomic E-state index is 2.44. The van der Waals surface area contributed by atoms with Gasteiger partial charge in [0.25, 0.3) is 0 Å². The van der Waals surface area contributed by atoms with E-state index >= 15 is 0 Å². The summed E-state index contributed by atoms with van der Waals surface area (Å²) in [4.78, 5) is 1.53. The zero-order valence-electron chi connectivity index (χ0n) is 16.5. The Bertz CT molecular complexity index is 1510. The molecule has 0 saturated heterocycles. The van der Waals surface area contributed by atoms with Crippen LogP contribution in [0.3, 0.4) is 0 Å². The molecule has 0 fully saturated rings. The number of fused-ring (bicyclic) bond motifs is 9. The molecule has 0 bridgehead atoms. The van der Waals surface area contributed by atoms with E-state index in [4.69, 9.17) is 0 Å². The lowest BCUT2D eigenvalue weighted by Gasteiger charge is -2.09. The Hall–Kier alpha value is -2.42. The van der Waals surface area contributed by atoms with Gasteiger partial charge in [0.2, 0.25) is 0 Å². The fourth-order valence-corrected chi connectivity index (χ4v) is 6.66.